The van der Waals surface area contributed by atoms with Crippen molar-refractivity contribution in [1.29, 1.82) is 0 Å². The first-order valence-electron chi connectivity index (χ1n) is 8.29. The van der Waals surface area contributed by atoms with Crippen molar-refractivity contribution in [3.63, 3.8) is 0 Å². The number of thiocarbonyl (C=S) groups is 1. The number of hydrogen-bond acceptors (Lipinski definition) is 3. The molecule has 0 bridgehead atoms. The summed E-state index contributed by atoms with van der Waals surface area (Å²) in [6.45, 7) is 3.85. The van der Waals surface area contributed by atoms with Crippen molar-refractivity contribution in [3.8, 4) is 5.75 Å². The molecule has 0 saturated heterocycles. The maximum absolute atomic E-state index is 13.0. The van der Waals surface area contributed by atoms with Crippen LogP contribution in [0.3, 0.4) is 0 Å². The van der Waals surface area contributed by atoms with E-state index >= 15 is 0 Å². The first-order valence-corrected chi connectivity index (χ1v) is 8.69. The van der Waals surface area contributed by atoms with Gasteiger partial charge in [-0.1, -0.05) is 24.3 Å². The Morgan fingerprint density at radius 2 is 1.88 bits per heavy atom. The van der Waals surface area contributed by atoms with Crippen LogP contribution in [0.1, 0.15) is 24.1 Å². The molecule has 3 rings (SSSR count). The van der Waals surface area contributed by atoms with Crippen LogP contribution in [0.2, 0.25) is 0 Å². The lowest BCUT2D eigenvalue weighted by atomic mass is 9.91. The minimum Gasteiger partial charge on any atom is -0.497 e. The van der Waals surface area contributed by atoms with Gasteiger partial charge >= 0.3 is 0 Å². The van der Waals surface area contributed by atoms with Crippen LogP contribution in [-0.4, -0.2) is 18.1 Å². The standard InChI is InChI=1S/C20H21N3O2S/c1-12-11-15(25-3)9-10-16(12)18-17(13(2)21-20(26)23-18)19(24)22-14-7-5-4-6-8-14/h4-11,18H,1-3H3,(H,22,24)(H2,21,23,26). The third-order valence-electron chi connectivity index (χ3n) is 4.33. The van der Waals surface area contributed by atoms with E-state index in [1.54, 1.807) is 7.11 Å². The van der Waals surface area contributed by atoms with Crippen LogP contribution in [0.15, 0.2) is 59.8 Å². The molecule has 0 aromatic heterocycles. The molecular formula is C20H21N3O2S. The molecule has 1 aliphatic rings. The summed E-state index contributed by atoms with van der Waals surface area (Å²) in [4.78, 5) is 13.0. The molecular weight excluding hydrogens is 346 g/mol. The zero-order valence-electron chi connectivity index (χ0n) is 14.9. The van der Waals surface area contributed by atoms with E-state index in [4.69, 9.17) is 17.0 Å². The average Bonchev–Trinajstić information content (AvgIpc) is 2.61. The van der Waals surface area contributed by atoms with Gasteiger partial charge in [-0.25, -0.2) is 0 Å². The van der Waals surface area contributed by atoms with E-state index in [1.807, 2.05) is 62.4 Å². The number of methoxy groups -OCH3 is 1. The van der Waals surface area contributed by atoms with Crippen molar-refractivity contribution in [2.24, 2.45) is 0 Å². The number of carbonyl (C=O) groups excluding carboxylic acids is 1. The Morgan fingerprint density at radius 3 is 2.54 bits per heavy atom. The van der Waals surface area contributed by atoms with E-state index in [9.17, 15) is 4.79 Å². The van der Waals surface area contributed by atoms with Crippen molar-refractivity contribution < 1.29 is 9.53 Å². The Labute approximate surface area is 158 Å². The van der Waals surface area contributed by atoms with Crippen molar-refractivity contribution in [3.05, 3.63) is 70.9 Å². The normalized spacial score (nSPS) is 16.6. The van der Waals surface area contributed by atoms with E-state index in [1.165, 1.54) is 0 Å². The molecule has 2 aromatic rings. The molecule has 134 valence electrons. The highest BCUT2D eigenvalue weighted by atomic mass is 32.1. The summed E-state index contributed by atoms with van der Waals surface area (Å²) in [6, 6.07) is 14.9. The highest BCUT2D eigenvalue weighted by Gasteiger charge is 2.30. The van der Waals surface area contributed by atoms with Crippen molar-refractivity contribution in [2.75, 3.05) is 12.4 Å². The molecule has 1 atom stereocenters. The van der Waals surface area contributed by atoms with Gasteiger partial charge in [-0.2, -0.15) is 0 Å². The number of nitrogens with one attached hydrogen (secondary N) is 3. The van der Waals surface area contributed by atoms with Crippen LogP contribution >= 0.6 is 12.2 Å². The van der Waals surface area contributed by atoms with Gasteiger partial charge < -0.3 is 20.7 Å². The minimum atomic E-state index is -0.335. The fourth-order valence-electron chi connectivity index (χ4n) is 3.05. The second-order valence-electron chi connectivity index (χ2n) is 6.11. The third-order valence-corrected chi connectivity index (χ3v) is 4.55. The number of carbonyl (C=O) groups is 1. The van der Waals surface area contributed by atoms with E-state index in [-0.39, 0.29) is 11.9 Å². The molecule has 5 nitrogen and oxygen atoms in total. The number of para-hydroxylation sites is 1. The first-order chi connectivity index (χ1) is 12.5. The number of aryl methyl sites for hydroxylation is 1. The number of ether oxygens (including phenoxy) is 1. The Kier molecular flexibility index (Phi) is 5.23. The van der Waals surface area contributed by atoms with Gasteiger partial charge in [0.25, 0.3) is 5.91 Å². The van der Waals surface area contributed by atoms with Gasteiger partial charge in [0, 0.05) is 11.4 Å². The van der Waals surface area contributed by atoms with E-state index in [0.29, 0.717) is 10.7 Å². The quantitative estimate of drug-likeness (QED) is 0.723. The minimum absolute atomic E-state index is 0.170. The molecule has 1 aliphatic heterocycles. The van der Waals surface area contributed by atoms with Gasteiger partial charge in [-0.3, -0.25) is 4.79 Å². The predicted octanol–water partition coefficient (Wildman–Crippen LogP) is 3.44. The molecule has 26 heavy (non-hydrogen) atoms. The lowest BCUT2D eigenvalue weighted by molar-refractivity contribution is -0.113. The number of allylic oxidation sites excluding steroid dienone is 1. The zero-order valence-corrected chi connectivity index (χ0v) is 15.7. The Hall–Kier alpha value is -2.86. The smallest absolute Gasteiger partial charge is 0.255 e. The second-order valence-corrected chi connectivity index (χ2v) is 6.52. The predicted molar refractivity (Wildman–Crippen MR) is 107 cm³/mol. The number of anilines is 1. The van der Waals surface area contributed by atoms with Crippen molar-refractivity contribution in [1.82, 2.24) is 10.6 Å². The Balaban J connectivity index is 1.98. The van der Waals surface area contributed by atoms with Crippen LogP contribution in [0, 0.1) is 6.92 Å². The number of hydrogen-bond donors (Lipinski definition) is 3. The molecule has 3 N–H and O–H groups in total. The largest absolute Gasteiger partial charge is 0.497 e. The van der Waals surface area contributed by atoms with Gasteiger partial charge in [0.2, 0.25) is 0 Å². The van der Waals surface area contributed by atoms with Gasteiger partial charge in [-0.05, 0) is 61.5 Å². The lowest BCUT2D eigenvalue weighted by Crippen LogP contribution is -2.46. The molecule has 6 heteroatoms. The number of rotatable bonds is 4. The van der Waals surface area contributed by atoms with Crippen molar-refractivity contribution >= 4 is 28.9 Å². The fraction of sp³-hybridized carbons (Fsp3) is 0.200. The third kappa shape index (κ3) is 3.70. The van der Waals surface area contributed by atoms with Crippen LogP contribution < -0.4 is 20.7 Å². The van der Waals surface area contributed by atoms with Crippen LogP contribution in [0.25, 0.3) is 0 Å². The fourth-order valence-corrected chi connectivity index (χ4v) is 3.32. The van der Waals surface area contributed by atoms with Gasteiger partial charge in [-0.15, -0.1) is 0 Å². The number of benzene rings is 2. The SMILES string of the molecule is COc1ccc(C2NC(=S)NC(C)=C2C(=O)Nc2ccccc2)c(C)c1. The van der Waals surface area contributed by atoms with Crippen molar-refractivity contribution in [2.45, 2.75) is 19.9 Å². The number of amides is 1. The molecule has 1 amide bonds. The molecule has 2 aromatic carbocycles. The highest BCUT2D eigenvalue weighted by molar-refractivity contribution is 7.80. The average molecular weight is 367 g/mol. The lowest BCUT2D eigenvalue weighted by Gasteiger charge is -2.31. The van der Waals surface area contributed by atoms with E-state index in [0.717, 1.165) is 28.3 Å². The summed E-state index contributed by atoms with van der Waals surface area (Å²) >= 11 is 5.31. The van der Waals surface area contributed by atoms with E-state index < -0.39 is 0 Å². The van der Waals surface area contributed by atoms with Crippen LogP contribution in [0.4, 0.5) is 5.69 Å². The summed E-state index contributed by atoms with van der Waals surface area (Å²) in [7, 11) is 1.63. The highest BCUT2D eigenvalue weighted by Crippen LogP contribution is 2.31. The summed E-state index contributed by atoms with van der Waals surface area (Å²) in [5.41, 5.74) is 4.09. The second kappa shape index (κ2) is 7.58. The molecule has 0 saturated carbocycles. The maximum atomic E-state index is 13.0. The van der Waals surface area contributed by atoms with Crippen LogP contribution in [-0.2, 0) is 4.79 Å². The molecule has 0 aliphatic carbocycles. The topological polar surface area (TPSA) is 62.4 Å². The Morgan fingerprint density at radius 1 is 1.15 bits per heavy atom. The Bertz CT molecular complexity index is 878. The molecule has 0 radical (unpaired) electrons. The van der Waals surface area contributed by atoms with Gasteiger partial charge in [0.1, 0.15) is 5.75 Å². The van der Waals surface area contributed by atoms with Crippen LogP contribution in [0.5, 0.6) is 5.75 Å². The van der Waals surface area contributed by atoms with Gasteiger partial charge in [0.15, 0.2) is 5.11 Å². The first kappa shape index (κ1) is 17.9. The molecule has 0 fully saturated rings. The summed E-state index contributed by atoms with van der Waals surface area (Å²) in [5, 5.41) is 9.72. The molecule has 1 unspecified atom stereocenters. The summed E-state index contributed by atoms with van der Waals surface area (Å²) < 4.78 is 5.28. The van der Waals surface area contributed by atoms with E-state index in [2.05, 4.69) is 16.0 Å². The van der Waals surface area contributed by atoms with Gasteiger partial charge in [0.05, 0.1) is 18.7 Å². The summed E-state index contributed by atoms with van der Waals surface area (Å²) in [5.74, 6) is 0.607. The molecule has 1 heterocycles. The molecule has 0 spiro atoms. The maximum Gasteiger partial charge on any atom is 0.255 e. The monoisotopic (exact) mass is 367 g/mol. The zero-order chi connectivity index (χ0) is 18.7. The summed E-state index contributed by atoms with van der Waals surface area (Å²) in [6.07, 6.45) is 0.